The van der Waals surface area contributed by atoms with E-state index in [-0.39, 0.29) is 5.78 Å². The number of fused-ring (bicyclic) bond motifs is 3. The van der Waals surface area contributed by atoms with E-state index in [1.807, 2.05) is 22.8 Å². The Labute approximate surface area is 161 Å². The molecule has 0 radical (unpaired) electrons. The van der Waals surface area contributed by atoms with Crippen LogP contribution in [-0.4, -0.2) is 32.2 Å². The zero-order valence-electron chi connectivity index (χ0n) is 15.8. The quantitative estimate of drug-likeness (QED) is 0.545. The highest BCUT2D eigenvalue weighted by Gasteiger charge is 2.24. The molecule has 7 nitrogen and oxygen atoms in total. The molecule has 1 aliphatic rings. The average molecular weight is 377 g/mol. The Balaban J connectivity index is 1.73. The molecule has 2 aromatic heterocycles. The highest BCUT2D eigenvalue weighted by atomic mass is 16.5. The van der Waals surface area contributed by atoms with Gasteiger partial charge in [-0.05, 0) is 32.0 Å². The lowest BCUT2D eigenvalue weighted by Crippen LogP contribution is -2.18. The molecular weight excluding hydrogens is 358 g/mol. The molecule has 0 bridgehead atoms. The van der Waals surface area contributed by atoms with E-state index in [0.717, 1.165) is 5.56 Å². The first-order valence-corrected chi connectivity index (χ1v) is 8.88. The lowest BCUT2D eigenvalue weighted by molar-refractivity contribution is 0.101. The van der Waals surface area contributed by atoms with Crippen molar-refractivity contribution < 1.29 is 19.2 Å². The number of ketones is 1. The molecule has 0 amide bonds. The van der Waals surface area contributed by atoms with Crippen molar-refractivity contribution in [3.8, 4) is 29.0 Å². The monoisotopic (exact) mass is 377 g/mol. The third-order valence-corrected chi connectivity index (χ3v) is 4.52. The number of aliphatic hydroxyl groups is 1. The first kappa shape index (κ1) is 18.0. The summed E-state index contributed by atoms with van der Waals surface area (Å²) in [5.41, 5.74) is 0.778. The predicted octanol–water partition coefficient (Wildman–Crippen LogP) is 2.70. The van der Waals surface area contributed by atoms with Crippen LogP contribution in [0, 0.1) is 18.8 Å². The molecule has 0 saturated heterocycles. The fraction of sp³-hybridized carbons (Fsp3) is 0.286. The van der Waals surface area contributed by atoms with E-state index in [0.29, 0.717) is 47.4 Å². The van der Waals surface area contributed by atoms with Gasteiger partial charge in [0.15, 0.2) is 11.4 Å². The Kier molecular flexibility index (Phi) is 4.28. The Morgan fingerprint density at radius 2 is 2.18 bits per heavy atom. The van der Waals surface area contributed by atoms with E-state index in [4.69, 9.17) is 9.26 Å². The number of hydrogen-bond acceptors (Lipinski definition) is 6. The SMILES string of the molecule is CC(=O)c1cn2c(n1)-c1cc(C#C[C@@](C)(O)c3cc(C)on3)ccc1OCC2. The normalized spacial score (nSPS) is 14.6. The maximum Gasteiger partial charge on any atom is 0.179 e. The maximum absolute atomic E-state index is 11.7. The molecule has 0 saturated carbocycles. The molecule has 1 aromatic carbocycles. The summed E-state index contributed by atoms with van der Waals surface area (Å²) in [6, 6.07) is 7.15. The van der Waals surface area contributed by atoms with Gasteiger partial charge in [-0.2, -0.15) is 0 Å². The summed E-state index contributed by atoms with van der Waals surface area (Å²) in [7, 11) is 0. The second kappa shape index (κ2) is 6.66. The van der Waals surface area contributed by atoms with Crippen LogP contribution >= 0.6 is 0 Å². The van der Waals surface area contributed by atoms with Gasteiger partial charge >= 0.3 is 0 Å². The van der Waals surface area contributed by atoms with Gasteiger partial charge in [-0.15, -0.1) is 0 Å². The first-order chi connectivity index (χ1) is 13.3. The molecule has 1 aliphatic heterocycles. The largest absolute Gasteiger partial charge is 0.491 e. The summed E-state index contributed by atoms with van der Waals surface area (Å²) in [6.07, 6.45) is 1.74. The van der Waals surface area contributed by atoms with E-state index in [2.05, 4.69) is 22.0 Å². The number of rotatable bonds is 2. The van der Waals surface area contributed by atoms with Crippen molar-refractivity contribution in [3.63, 3.8) is 0 Å². The molecule has 1 atom stereocenters. The summed E-state index contributed by atoms with van der Waals surface area (Å²) in [4.78, 5) is 16.2. The molecule has 0 spiro atoms. The summed E-state index contributed by atoms with van der Waals surface area (Å²) in [5.74, 6) is 7.69. The Morgan fingerprint density at radius 1 is 1.36 bits per heavy atom. The van der Waals surface area contributed by atoms with E-state index in [1.54, 1.807) is 26.1 Å². The standard InChI is InChI=1S/C21H19N3O4/c1-13-10-19(23-28-13)21(3,26)7-6-15-4-5-18-16(11-15)20-22-17(14(2)25)12-24(20)8-9-27-18/h4-5,10-12,26H,8-9H2,1-3H3/t21-/m1/s1. The second-order valence-corrected chi connectivity index (χ2v) is 6.90. The third kappa shape index (κ3) is 3.30. The van der Waals surface area contributed by atoms with Crippen molar-refractivity contribution >= 4 is 5.78 Å². The predicted molar refractivity (Wildman–Crippen MR) is 101 cm³/mol. The second-order valence-electron chi connectivity index (χ2n) is 6.90. The summed E-state index contributed by atoms with van der Waals surface area (Å²) in [5, 5.41) is 14.4. The number of ether oxygens (including phenoxy) is 1. The Morgan fingerprint density at radius 3 is 2.89 bits per heavy atom. The van der Waals surface area contributed by atoms with Crippen LogP contribution in [0.5, 0.6) is 5.75 Å². The van der Waals surface area contributed by atoms with Gasteiger partial charge in [-0.3, -0.25) is 4.79 Å². The van der Waals surface area contributed by atoms with Crippen LogP contribution in [0.3, 0.4) is 0 Å². The van der Waals surface area contributed by atoms with Gasteiger partial charge in [-0.25, -0.2) is 4.98 Å². The van der Waals surface area contributed by atoms with Crippen LogP contribution in [0.25, 0.3) is 11.4 Å². The molecule has 7 heteroatoms. The van der Waals surface area contributed by atoms with E-state index >= 15 is 0 Å². The minimum Gasteiger partial charge on any atom is -0.491 e. The molecule has 142 valence electrons. The number of carbonyl (C=O) groups is 1. The zero-order chi connectivity index (χ0) is 19.9. The minimum atomic E-state index is -1.44. The van der Waals surface area contributed by atoms with Gasteiger partial charge in [0.05, 0.1) is 12.1 Å². The van der Waals surface area contributed by atoms with Crippen molar-refractivity contribution in [2.45, 2.75) is 32.9 Å². The molecule has 0 fully saturated rings. The summed E-state index contributed by atoms with van der Waals surface area (Å²) < 4.78 is 12.7. The van der Waals surface area contributed by atoms with Gasteiger partial charge in [0.25, 0.3) is 0 Å². The van der Waals surface area contributed by atoms with E-state index in [9.17, 15) is 9.90 Å². The lowest BCUT2D eigenvalue weighted by atomic mass is 10.0. The van der Waals surface area contributed by atoms with Crippen LogP contribution in [-0.2, 0) is 12.1 Å². The number of benzene rings is 1. The summed E-state index contributed by atoms with van der Waals surface area (Å²) in [6.45, 7) is 5.90. The van der Waals surface area contributed by atoms with Gasteiger partial charge in [0.2, 0.25) is 0 Å². The number of aryl methyl sites for hydroxylation is 1. The molecule has 3 aromatic rings. The van der Waals surface area contributed by atoms with Crippen molar-refractivity contribution in [2.24, 2.45) is 0 Å². The zero-order valence-corrected chi connectivity index (χ0v) is 15.8. The number of aromatic nitrogens is 3. The molecule has 0 unspecified atom stereocenters. The number of nitrogens with zero attached hydrogens (tertiary/aromatic N) is 3. The fourth-order valence-corrected chi connectivity index (χ4v) is 2.99. The van der Waals surface area contributed by atoms with Crippen LogP contribution in [0.4, 0.5) is 0 Å². The highest BCUT2D eigenvalue weighted by Crippen LogP contribution is 2.33. The van der Waals surface area contributed by atoms with Crippen molar-refractivity contribution in [1.82, 2.24) is 14.7 Å². The van der Waals surface area contributed by atoms with Crippen molar-refractivity contribution in [3.05, 3.63) is 53.2 Å². The highest BCUT2D eigenvalue weighted by molar-refractivity contribution is 5.92. The molecule has 4 rings (SSSR count). The van der Waals surface area contributed by atoms with Crippen molar-refractivity contribution in [2.75, 3.05) is 6.61 Å². The molecule has 1 N–H and O–H groups in total. The van der Waals surface area contributed by atoms with Gasteiger partial charge < -0.3 is 18.9 Å². The van der Waals surface area contributed by atoms with Crippen LogP contribution in [0.15, 0.2) is 35.0 Å². The average Bonchev–Trinajstić information content (AvgIpc) is 3.24. The van der Waals surface area contributed by atoms with Crippen molar-refractivity contribution in [1.29, 1.82) is 0 Å². The van der Waals surface area contributed by atoms with Gasteiger partial charge in [0.1, 0.15) is 35.3 Å². The molecule has 28 heavy (non-hydrogen) atoms. The number of hydrogen-bond donors (Lipinski definition) is 1. The smallest absolute Gasteiger partial charge is 0.179 e. The Bertz CT molecular complexity index is 1130. The van der Waals surface area contributed by atoms with Crippen LogP contribution in [0.2, 0.25) is 0 Å². The number of Topliss-reactive ketones (excluding diaryl/α,β-unsaturated/α-hetero) is 1. The fourth-order valence-electron chi connectivity index (χ4n) is 2.99. The first-order valence-electron chi connectivity index (χ1n) is 8.88. The third-order valence-electron chi connectivity index (χ3n) is 4.52. The minimum absolute atomic E-state index is 0.0852. The topological polar surface area (TPSA) is 90.4 Å². The van der Waals surface area contributed by atoms with Gasteiger partial charge in [-0.1, -0.05) is 17.0 Å². The number of imidazole rings is 1. The number of carbonyl (C=O) groups excluding carboxylic acids is 1. The van der Waals surface area contributed by atoms with Crippen LogP contribution < -0.4 is 4.74 Å². The van der Waals surface area contributed by atoms with Crippen LogP contribution in [0.1, 0.15) is 41.4 Å². The van der Waals surface area contributed by atoms with E-state index < -0.39 is 5.60 Å². The van der Waals surface area contributed by atoms with E-state index in [1.165, 1.54) is 6.92 Å². The summed E-state index contributed by atoms with van der Waals surface area (Å²) >= 11 is 0. The van der Waals surface area contributed by atoms with Gasteiger partial charge in [0, 0.05) is 24.8 Å². The molecule has 3 heterocycles. The maximum atomic E-state index is 11.7. The Hall–Kier alpha value is -3.37. The molecular formula is C21H19N3O4. The molecule has 0 aliphatic carbocycles. The lowest BCUT2D eigenvalue weighted by Gasteiger charge is -2.11.